The van der Waals surface area contributed by atoms with Crippen LogP contribution in [0.1, 0.15) is 102 Å². The highest BCUT2D eigenvalue weighted by Crippen LogP contribution is 2.41. The summed E-state index contributed by atoms with van der Waals surface area (Å²) in [4.78, 5) is 29.4. The largest absolute Gasteiger partial charge is 0.420 e. The first-order valence-corrected chi connectivity index (χ1v) is 25.3. The van der Waals surface area contributed by atoms with Crippen LogP contribution in [0.25, 0.3) is 32.6 Å². The maximum Gasteiger partial charge on any atom is 0.247 e. The zero-order valence-electron chi connectivity index (χ0n) is 39.6. The van der Waals surface area contributed by atoms with Gasteiger partial charge in [-0.3, -0.25) is 9.59 Å². The molecule has 0 radical (unpaired) electrons. The summed E-state index contributed by atoms with van der Waals surface area (Å²) in [5, 5.41) is 33.7. The second-order valence-electron chi connectivity index (χ2n) is 17.9. The average Bonchev–Trinajstić information content (AvgIpc) is 3.96. The molecule has 4 aromatic carbocycles. The van der Waals surface area contributed by atoms with Crippen LogP contribution in [0.2, 0.25) is 28.2 Å². The molecule has 0 bridgehead atoms. The Hall–Kier alpha value is -6.20. The fourth-order valence-electron chi connectivity index (χ4n) is 6.95. The number of halogens is 2. The first-order valence-electron chi connectivity index (χ1n) is 21.6. The molecule has 4 atom stereocenters. The molecule has 2 aromatic heterocycles. The molecule has 6 rings (SSSR count). The lowest BCUT2D eigenvalue weighted by molar-refractivity contribution is -0.115. The minimum absolute atomic E-state index is 0. The molecule has 6 aromatic rings. The molecule has 0 aliphatic rings. The van der Waals surface area contributed by atoms with Crippen LogP contribution < -0.4 is 10.6 Å². The van der Waals surface area contributed by atoms with Crippen LogP contribution in [0.3, 0.4) is 0 Å². The monoisotopic (exact) mass is 978 g/mol. The van der Waals surface area contributed by atoms with Gasteiger partial charge >= 0.3 is 0 Å². The summed E-state index contributed by atoms with van der Waals surface area (Å²) in [5.41, 5.74) is 7.23. The number of aliphatic hydroxyl groups excluding tert-OH is 1. The smallest absolute Gasteiger partial charge is 0.247 e. The quantitative estimate of drug-likeness (QED) is 0.0704. The lowest BCUT2D eigenvalue weighted by atomic mass is 9.92. The Kier molecular flexibility index (Phi) is 18.6. The van der Waals surface area contributed by atoms with Gasteiger partial charge in [0.1, 0.15) is 0 Å². The molecule has 0 saturated carbocycles. The van der Waals surface area contributed by atoms with Crippen molar-refractivity contribution in [3.05, 3.63) is 140 Å². The van der Waals surface area contributed by atoms with E-state index in [9.17, 15) is 14.7 Å². The highest BCUT2D eigenvalue weighted by molar-refractivity contribution is 6.74. The summed E-state index contributed by atoms with van der Waals surface area (Å²) < 4.78 is 18.8. The average molecular weight is 980 g/mol. The Morgan fingerprint density at radius 2 is 1.09 bits per heavy atom. The summed E-state index contributed by atoms with van der Waals surface area (Å²) in [6, 6.07) is 21.5. The van der Waals surface area contributed by atoms with Crippen molar-refractivity contribution in [1.82, 2.24) is 20.4 Å². The van der Waals surface area contributed by atoms with Gasteiger partial charge in [0.25, 0.3) is 0 Å². The van der Waals surface area contributed by atoms with Crippen LogP contribution in [0.4, 0.5) is 22.7 Å². The zero-order chi connectivity index (χ0) is 49.4. The fraction of sp³-hybridized carbons (Fsp3) is 0.373. The molecule has 0 aliphatic heterocycles. The second-order valence-corrected chi connectivity index (χ2v) is 23.5. The van der Waals surface area contributed by atoms with Gasteiger partial charge in [-0.2, -0.15) is 0 Å². The summed E-state index contributed by atoms with van der Waals surface area (Å²) in [7, 11) is -2.09. The van der Waals surface area contributed by atoms with Gasteiger partial charge < -0.3 is 29.0 Å². The van der Waals surface area contributed by atoms with Gasteiger partial charge in [0, 0.05) is 36.3 Å². The van der Waals surface area contributed by atoms with Crippen LogP contribution in [0, 0.1) is 27.0 Å². The third kappa shape index (κ3) is 13.5. The van der Waals surface area contributed by atoms with E-state index >= 15 is 0 Å². The molecule has 2 amide bonds. The predicted octanol–water partition coefficient (Wildman–Crippen LogP) is 13.5. The van der Waals surface area contributed by atoms with E-state index in [0.717, 1.165) is 27.8 Å². The Morgan fingerprint density at radius 1 is 0.706 bits per heavy atom. The fourth-order valence-corrected chi connectivity index (χ4v) is 8.85. The van der Waals surface area contributed by atoms with Crippen molar-refractivity contribution < 1.29 is 28.0 Å². The highest BCUT2D eigenvalue weighted by Gasteiger charge is 2.41. The van der Waals surface area contributed by atoms with Gasteiger partial charge in [0.05, 0.1) is 47.2 Å². The van der Waals surface area contributed by atoms with E-state index in [1.165, 1.54) is 13.8 Å². The van der Waals surface area contributed by atoms with Crippen LogP contribution in [-0.2, 0) is 26.9 Å². The van der Waals surface area contributed by atoms with Crippen molar-refractivity contribution in [1.29, 1.82) is 0 Å². The minimum atomic E-state index is -2.09. The molecule has 0 unspecified atom stereocenters. The number of carbonyl (C=O) groups excluding carboxylic acids is 2. The Bertz CT molecular complexity index is 2790. The minimum Gasteiger partial charge on any atom is -0.420 e. The lowest BCUT2D eigenvalue weighted by Crippen LogP contribution is -2.44. The maximum atomic E-state index is 11.3. The Morgan fingerprint density at radius 3 is 1.44 bits per heavy atom. The van der Waals surface area contributed by atoms with Gasteiger partial charge in [0.15, 0.2) is 8.32 Å². The van der Waals surface area contributed by atoms with Crippen LogP contribution >= 0.6 is 23.2 Å². The summed E-state index contributed by atoms with van der Waals surface area (Å²) >= 11 is 12.8. The Balaban J connectivity index is 0.000000298. The number of nitrogens with zero attached hydrogens (tertiary/aromatic N) is 6. The van der Waals surface area contributed by atoms with Crippen LogP contribution in [-0.4, -0.2) is 57.8 Å². The van der Waals surface area contributed by atoms with Gasteiger partial charge in [-0.1, -0.05) is 75.7 Å². The first kappa shape index (κ1) is 54.4. The van der Waals surface area contributed by atoms with Crippen LogP contribution in [0.15, 0.2) is 81.6 Å². The SMILES string of the molecule is C.[C-]#[N+]c1ccc(C[C@@H](c2nnc(-c3ccc(NC(C)=O)cc3)o2)[C@H](C)O)c(C)c1Cl.[C-]#[N+]c1ccc(C[C@@H](c2nnc(-c3ccc(NC(C)=O)cc3)o2)[C@H](C)O[Si](C)(C)C(C)(C)C)c(C)c1Cl. The highest BCUT2D eigenvalue weighted by atomic mass is 35.5. The van der Waals surface area contributed by atoms with Gasteiger partial charge in [-0.15, -0.1) is 20.4 Å². The van der Waals surface area contributed by atoms with E-state index in [0.29, 0.717) is 74.8 Å². The molecule has 17 heteroatoms. The van der Waals surface area contributed by atoms with Crippen LogP contribution in [0.5, 0.6) is 0 Å². The number of aromatic nitrogens is 4. The molecule has 2 heterocycles. The molecule has 68 heavy (non-hydrogen) atoms. The molecule has 0 aliphatic carbocycles. The number of hydrogen-bond acceptors (Lipinski definition) is 10. The predicted molar refractivity (Wildman–Crippen MR) is 272 cm³/mol. The standard InChI is InChI=1S/C28H35ClN4O3Si.C22H21ClN4O3.CH4/c1-17-21(12-15-24(30-7)25(17)29)16-23(18(2)36-37(8,9)28(4,5)6)27-33-32-26(35-27)20-10-13-22(14-11-20)31-19(3)34;1-12-16(7-10-19(24-4)20(12)23)11-18(13(2)28)22-27-26-21(30-22)15-5-8-17(9-6-15)25-14(3)29;/h10-15,18,23H,16H2,1-6,8-9H3,(H,31,34);5-10,13,18,28H,11H2,1-3H3,(H,25,29);1H4/t18-,23+;13-,18+;/m00./s1. The summed E-state index contributed by atoms with van der Waals surface area (Å²) in [6.45, 7) is 36.0. The van der Waals surface area contributed by atoms with Crippen molar-refractivity contribution >= 4 is 66.1 Å². The summed E-state index contributed by atoms with van der Waals surface area (Å²) in [5.74, 6) is 0.581. The van der Waals surface area contributed by atoms with Gasteiger partial charge in [0.2, 0.25) is 46.8 Å². The van der Waals surface area contributed by atoms with Crippen molar-refractivity contribution in [2.45, 2.75) is 125 Å². The number of hydrogen-bond donors (Lipinski definition) is 3. The normalized spacial score (nSPS) is 13.1. The molecule has 3 N–H and O–H groups in total. The molecule has 0 fully saturated rings. The molecular weight excluding hydrogens is 920 g/mol. The summed E-state index contributed by atoms with van der Waals surface area (Å²) in [6.07, 6.45) is 0.0713. The van der Waals surface area contributed by atoms with E-state index in [1.54, 1.807) is 55.5 Å². The molecule has 358 valence electrons. The topological polar surface area (TPSA) is 174 Å². The lowest BCUT2D eigenvalue weighted by Gasteiger charge is -2.40. The molecule has 14 nitrogen and oxygen atoms in total. The third-order valence-electron chi connectivity index (χ3n) is 11.9. The van der Waals surface area contributed by atoms with Crippen molar-refractivity contribution in [3.8, 4) is 22.9 Å². The van der Waals surface area contributed by atoms with E-state index in [-0.39, 0.29) is 36.3 Å². The number of anilines is 2. The van der Waals surface area contributed by atoms with E-state index in [4.69, 9.17) is 49.6 Å². The Labute approximate surface area is 410 Å². The molecular formula is C51H60Cl2N8O6Si. The van der Waals surface area contributed by atoms with E-state index in [2.05, 4.69) is 81.5 Å². The number of amides is 2. The number of nitrogens with one attached hydrogen (secondary N) is 2. The number of benzene rings is 4. The van der Waals surface area contributed by atoms with Crippen molar-refractivity contribution in [3.63, 3.8) is 0 Å². The number of carbonyl (C=O) groups is 2. The molecule has 0 spiro atoms. The van der Waals surface area contributed by atoms with Gasteiger partial charge in [-0.25, -0.2) is 9.69 Å². The van der Waals surface area contributed by atoms with Crippen molar-refractivity contribution in [2.24, 2.45) is 0 Å². The third-order valence-corrected chi connectivity index (χ3v) is 17.5. The maximum absolute atomic E-state index is 11.3. The van der Waals surface area contributed by atoms with Gasteiger partial charge in [-0.05, 0) is 129 Å². The molecule has 0 saturated heterocycles. The van der Waals surface area contributed by atoms with Crippen molar-refractivity contribution in [2.75, 3.05) is 10.6 Å². The number of aliphatic hydroxyl groups is 1. The first-order chi connectivity index (χ1) is 31.5. The van der Waals surface area contributed by atoms with E-state index < -0.39 is 20.3 Å². The number of rotatable bonds is 14. The zero-order valence-corrected chi connectivity index (χ0v) is 42.1. The second kappa shape index (κ2) is 23.2. The van der Waals surface area contributed by atoms with E-state index in [1.807, 2.05) is 38.1 Å².